The van der Waals surface area contributed by atoms with Crippen LogP contribution in [0.25, 0.3) is 16.3 Å². The third-order valence-electron chi connectivity index (χ3n) is 4.29. The van der Waals surface area contributed by atoms with Crippen LogP contribution in [-0.4, -0.2) is 43.0 Å². The monoisotopic (exact) mass is 415 g/mol. The fourth-order valence-corrected chi connectivity index (χ4v) is 3.95. The molecule has 0 bridgehead atoms. The molecule has 0 aliphatic heterocycles. The van der Waals surface area contributed by atoms with E-state index < -0.39 is 0 Å². The highest BCUT2D eigenvalue weighted by Crippen LogP contribution is 2.32. The number of aryl methyl sites for hydroxylation is 2. The van der Waals surface area contributed by atoms with Crippen LogP contribution in [0, 0.1) is 13.8 Å². The standard InChI is InChI=1S/C22H25N3OS.ClH/c1-16-14-17(2)21-19(15-16)23-22(27-21)25(13-12-24(3)4)20(26)11-10-18-8-6-5-7-9-18;/h5-11,14-15H,12-13H2,1-4H3;1H. The van der Waals surface area contributed by atoms with Crippen LogP contribution in [0.1, 0.15) is 16.7 Å². The van der Waals surface area contributed by atoms with Gasteiger partial charge < -0.3 is 4.90 Å². The van der Waals surface area contributed by atoms with Crippen molar-refractivity contribution in [1.29, 1.82) is 0 Å². The molecule has 0 spiro atoms. The van der Waals surface area contributed by atoms with E-state index in [2.05, 4.69) is 30.9 Å². The Morgan fingerprint density at radius 3 is 2.50 bits per heavy atom. The van der Waals surface area contributed by atoms with Crippen LogP contribution in [0.4, 0.5) is 5.13 Å². The molecular formula is C22H26ClN3OS. The van der Waals surface area contributed by atoms with Crippen LogP contribution >= 0.6 is 23.7 Å². The number of nitrogens with zero attached hydrogens (tertiary/aromatic N) is 3. The Morgan fingerprint density at radius 1 is 1.11 bits per heavy atom. The van der Waals surface area contributed by atoms with Crippen LogP contribution in [0.5, 0.6) is 0 Å². The van der Waals surface area contributed by atoms with Crippen molar-refractivity contribution in [2.45, 2.75) is 13.8 Å². The zero-order chi connectivity index (χ0) is 19.4. The molecular weight excluding hydrogens is 390 g/mol. The summed E-state index contributed by atoms with van der Waals surface area (Å²) in [5.74, 6) is -0.0471. The van der Waals surface area contributed by atoms with Crippen molar-refractivity contribution in [3.63, 3.8) is 0 Å². The minimum Gasteiger partial charge on any atom is -0.308 e. The second-order valence-corrected chi connectivity index (χ2v) is 7.94. The summed E-state index contributed by atoms with van der Waals surface area (Å²) in [6.07, 6.45) is 3.49. The SMILES string of the molecule is Cc1cc(C)c2sc(N(CCN(C)C)C(=O)C=Cc3ccccc3)nc2c1.Cl. The van der Waals surface area contributed by atoms with Gasteiger partial charge in [-0.3, -0.25) is 9.69 Å². The van der Waals surface area contributed by atoms with Crippen LogP contribution in [0.15, 0.2) is 48.5 Å². The van der Waals surface area contributed by atoms with Gasteiger partial charge in [0.05, 0.1) is 10.2 Å². The molecule has 148 valence electrons. The average Bonchev–Trinajstić information content (AvgIpc) is 3.04. The molecule has 4 nitrogen and oxygen atoms in total. The van der Waals surface area contributed by atoms with Crippen molar-refractivity contribution in [3.05, 3.63) is 65.2 Å². The third kappa shape index (κ3) is 5.41. The molecule has 2 aromatic carbocycles. The van der Waals surface area contributed by atoms with Crippen molar-refractivity contribution >= 4 is 51.1 Å². The number of carbonyl (C=O) groups excluding carboxylic acids is 1. The number of fused-ring (bicyclic) bond motifs is 1. The van der Waals surface area contributed by atoms with E-state index >= 15 is 0 Å². The van der Waals surface area contributed by atoms with E-state index in [1.165, 1.54) is 11.1 Å². The number of anilines is 1. The van der Waals surface area contributed by atoms with E-state index in [0.29, 0.717) is 6.54 Å². The Labute approximate surface area is 176 Å². The van der Waals surface area contributed by atoms with Crippen molar-refractivity contribution in [2.24, 2.45) is 0 Å². The summed E-state index contributed by atoms with van der Waals surface area (Å²) in [4.78, 5) is 21.6. The Balaban J connectivity index is 0.00000280. The normalized spacial score (nSPS) is 11.2. The van der Waals surface area contributed by atoms with Crippen LogP contribution in [0.3, 0.4) is 0 Å². The lowest BCUT2D eigenvalue weighted by Gasteiger charge is -2.20. The number of amides is 1. The second-order valence-electron chi connectivity index (χ2n) is 6.96. The Hall–Kier alpha value is -2.21. The van der Waals surface area contributed by atoms with Gasteiger partial charge >= 0.3 is 0 Å². The molecule has 0 aliphatic rings. The largest absolute Gasteiger partial charge is 0.308 e. The van der Waals surface area contributed by atoms with E-state index in [9.17, 15) is 4.79 Å². The molecule has 1 amide bonds. The van der Waals surface area contributed by atoms with Crippen LogP contribution in [0.2, 0.25) is 0 Å². The Kier molecular flexibility index (Phi) is 7.75. The molecule has 1 aromatic heterocycles. The molecule has 1 heterocycles. The number of carbonyl (C=O) groups is 1. The first kappa shape index (κ1) is 22.1. The van der Waals surface area contributed by atoms with Gasteiger partial charge in [0.15, 0.2) is 5.13 Å². The first-order valence-electron chi connectivity index (χ1n) is 9.01. The van der Waals surface area contributed by atoms with Crippen molar-refractivity contribution < 1.29 is 4.79 Å². The summed E-state index contributed by atoms with van der Waals surface area (Å²) in [6, 6.07) is 14.1. The summed E-state index contributed by atoms with van der Waals surface area (Å²) in [5, 5.41) is 0.753. The maximum Gasteiger partial charge on any atom is 0.252 e. The van der Waals surface area contributed by atoms with Crippen LogP contribution < -0.4 is 4.90 Å². The average molecular weight is 416 g/mol. The van der Waals surface area contributed by atoms with E-state index in [1.54, 1.807) is 22.3 Å². The van der Waals surface area contributed by atoms with Crippen molar-refractivity contribution in [2.75, 3.05) is 32.1 Å². The maximum atomic E-state index is 12.9. The maximum absolute atomic E-state index is 12.9. The first-order valence-corrected chi connectivity index (χ1v) is 9.83. The van der Waals surface area contributed by atoms with Gasteiger partial charge in [0.1, 0.15) is 0 Å². The molecule has 0 fully saturated rings. The molecule has 0 saturated carbocycles. The molecule has 3 rings (SSSR count). The number of rotatable bonds is 6. The highest BCUT2D eigenvalue weighted by atomic mass is 35.5. The molecule has 0 atom stereocenters. The van der Waals surface area contributed by atoms with Gasteiger partial charge in [-0.15, -0.1) is 12.4 Å². The summed E-state index contributed by atoms with van der Waals surface area (Å²) >= 11 is 1.58. The van der Waals surface area contributed by atoms with E-state index in [-0.39, 0.29) is 18.3 Å². The second kappa shape index (κ2) is 9.82. The summed E-state index contributed by atoms with van der Waals surface area (Å²) in [6.45, 7) is 5.54. The first-order chi connectivity index (χ1) is 12.9. The van der Waals surface area contributed by atoms with Gasteiger partial charge in [0.25, 0.3) is 5.91 Å². The van der Waals surface area contributed by atoms with Gasteiger partial charge in [-0.2, -0.15) is 0 Å². The predicted molar refractivity (Wildman–Crippen MR) is 123 cm³/mol. The minimum atomic E-state index is -0.0471. The number of halogens is 1. The van der Waals surface area contributed by atoms with Gasteiger partial charge in [-0.25, -0.2) is 4.98 Å². The lowest BCUT2D eigenvalue weighted by Crippen LogP contribution is -2.35. The number of thiazole rings is 1. The van der Waals surface area contributed by atoms with E-state index in [1.807, 2.05) is 50.5 Å². The molecule has 6 heteroatoms. The number of benzene rings is 2. The fourth-order valence-electron chi connectivity index (χ4n) is 2.90. The van der Waals surface area contributed by atoms with Gasteiger partial charge in [0.2, 0.25) is 0 Å². The Bertz CT molecular complexity index is 967. The van der Waals surface area contributed by atoms with Gasteiger partial charge in [-0.1, -0.05) is 47.7 Å². The summed E-state index contributed by atoms with van der Waals surface area (Å²) in [5.41, 5.74) is 4.36. The Morgan fingerprint density at radius 2 is 1.82 bits per heavy atom. The molecule has 0 N–H and O–H groups in total. The number of hydrogen-bond donors (Lipinski definition) is 0. The molecule has 28 heavy (non-hydrogen) atoms. The number of likely N-dealkylation sites (N-methyl/N-ethyl adjacent to an activating group) is 1. The van der Waals surface area contributed by atoms with Gasteiger partial charge in [-0.05, 0) is 56.8 Å². The molecule has 0 radical (unpaired) electrons. The molecule has 0 saturated heterocycles. The van der Waals surface area contributed by atoms with Crippen LogP contribution in [-0.2, 0) is 4.79 Å². The topological polar surface area (TPSA) is 36.4 Å². The molecule has 0 aliphatic carbocycles. The summed E-state index contributed by atoms with van der Waals surface area (Å²) in [7, 11) is 4.02. The number of aromatic nitrogens is 1. The van der Waals surface area contributed by atoms with Gasteiger partial charge in [0, 0.05) is 19.2 Å². The molecule has 0 unspecified atom stereocenters. The smallest absolute Gasteiger partial charge is 0.252 e. The van der Waals surface area contributed by atoms with E-state index in [0.717, 1.165) is 27.5 Å². The highest BCUT2D eigenvalue weighted by Gasteiger charge is 2.18. The fraction of sp³-hybridized carbons (Fsp3) is 0.273. The number of hydrogen-bond acceptors (Lipinski definition) is 4. The quantitative estimate of drug-likeness (QED) is 0.535. The van der Waals surface area contributed by atoms with E-state index in [4.69, 9.17) is 4.98 Å². The third-order valence-corrected chi connectivity index (χ3v) is 5.52. The molecule has 3 aromatic rings. The predicted octanol–water partition coefficient (Wildman–Crippen LogP) is 4.94. The van der Waals surface area contributed by atoms with Crippen molar-refractivity contribution in [3.8, 4) is 0 Å². The van der Waals surface area contributed by atoms with Crippen molar-refractivity contribution in [1.82, 2.24) is 9.88 Å². The highest BCUT2D eigenvalue weighted by molar-refractivity contribution is 7.22. The lowest BCUT2D eigenvalue weighted by molar-refractivity contribution is -0.114. The summed E-state index contributed by atoms with van der Waals surface area (Å²) < 4.78 is 1.14. The zero-order valence-electron chi connectivity index (χ0n) is 16.7. The zero-order valence-corrected chi connectivity index (χ0v) is 18.3. The lowest BCUT2D eigenvalue weighted by atomic mass is 10.1. The minimum absolute atomic E-state index is 0.